The number of nitrogens with zero attached hydrogens (tertiary/aromatic N) is 1. The highest BCUT2D eigenvalue weighted by Crippen LogP contribution is 2.36. The van der Waals surface area contributed by atoms with Gasteiger partial charge in [0.2, 0.25) is 0 Å². The van der Waals surface area contributed by atoms with E-state index >= 15 is 0 Å². The first kappa shape index (κ1) is 13.2. The molecule has 0 N–H and O–H groups in total. The van der Waals surface area contributed by atoms with E-state index in [-0.39, 0.29) is 0 Å². The number of halogens is 2. The molecular formula is C14H19BrClN. The molecule has 1 aliphatic carbocycles. The van der Waals surface area contributed by atoms with Crippen molar-refractivity contribution in [2.75, 3.05) is 11.4 Å². The molecule has 1 saturated carbocycles. The van der Waals surface area contributed by atoms with Gasteiger partial charge in [-0.3, -0.25) is 0 Å². The van der Waals surface area contributed by atoms with Crippen LogP contribution in [0.15, 0.2) is 18.2 Å². The molecule has 0 spiro atoms. The van der Waals surface area contributed by atoms with Crippen molar-refractivity contribution in [2.24, 2.45) is 0 Å². The maximum absolute atomic E-state index is 6.39. The molecule has 1 fully saturated rings. The lowest BCUT2D eigenvalue weighted by molar-refractivity contribution is 0.713. The van der Waals surface area contributed by atoms with Gasteiger partial charge in [-0.1, -0.05) is 46.9 Å². The Morgan fingerprint density at radius 3 is 2.71 bits per heavy atom. The number of rotatable bonds is 6. The van der Waals surface area contributed by atoms with E-state index in [9.17, 15) is 0 Å². The van der Waals surface area contributed by atoms with Crippen LogP contribution in [0.4, 0.5) is 5.69 Å². The Hall–Kier alpha value is -0.210. The van der Waals surface area contributed by atoms with Gasteiger partial charge in [0.15, 0.2) is 0 Å². The van der Waals surface area contributed by atoms with Gasteiger partial charge in [-0.05, 0) is 37.0 Å². The zero-order valence-electron chi connectivity index (χ0n) is 10.3. The molecule has 0 aromatic heterocycles. The summed E-state index contributed by atoms with van der Waals surface area (Å²) in [5.74, 6) is 0. The molecule has 0 amide bonds. The van der Waals surface area contributed by atoms with Crippen LogP contribution in [-0.2, 0) is 5.33 Å². The standard InChI is InChI=1S/C14H19BrClN/c1-2-3-8-17(12-5-6-12)14-7-4-11(10-15)9-13(14)16/h4,7,9,12H,2-3,5-6,8,10H2,1H3. The second-order valence-electron chi connectivity index (χ2n) is 4.70. The van der Waals surface area contributed by atoms with Gasteiger partial charge < -0.3 is 4.90 Å². The van der Waals surface area contributed by atoms with Crippen LogP contribution in [0.3, 0.4) is 0 Å². The Morgan fingerprint density at radius 1 is 1.41 bits per heavy atom. The lowest BCUT2D eigenvalue weighted by atomic mass is 10.2. The normalized spacial score (nSPS) is 15.0. The SMILES string of the molecule is CCCCN(c1ccc(CBr)cc1Cl)C1CC1. The molecule has 0 radical (unpaired) electrons. The highest BCUT2D eigenvalue weighted by atomic mass is 79.9. The van der Waals surface area contributed by atoms with Crippen LogP contribution in [-0.4, -0.2) is 12.6 Å². The van der Waals surface area contributed by atoms with E-state index in [1.54, 1.807) is 0 Å². The quantitative estimate of drug-likeness (QED) is 0.667. The Kier molecular flexibility index (Phi) is 4.75. The molecule has 0 heterocycles. The zero-order valence-corrected chi connectivity index (χ0v) is 12.6. The fraction of sp³-hybridized carbons (Fsp3) is 0.571. The largest absolute Gasteiger partial charge is 0.367 e. The summed E-state index contributed by atoms with van der Waals surface area (Å²) in [5.41, 5.74) is 2.46. The summed E-state index contributed by atoms with van der Waals surface area (Å²) in [5, 5.41) is 1.76. The first-order chi connectivity index (χ1) is 8.26. The molecule has 94 valence electrons. The van der Waals surface area contributed by atoms with Crippen LogP contribution in [0, 0.1) is 0 Å². The van der Waals surface area contributed by atoms with Crippen LogP contribution in [0.5, 0.6) is 0 Å². The number of benzene rings is 1. The molecule has 1 aromatic rings. The van der Waals surface area contributed by atoms with Crippen molar-refractivity contribution in [2.45, 2.75) is 44.0 Å². The number of alkyl halides is 1. The van der Waals surface area contributed by atoms with Gasteiger partial charge in [0.05, 0.1) is 10.7 Å². The van der Waals surface area contributed by atoms with Gasteiger partial charge in [0.25, 0.3) is 0 Å². The van der Waals surface area contributed by atoms with E-state index in [4.69, 9.17) is 11.6 Å². The Morgan fingerprint density at radius 2 is 2.18 bits per heavy atom. The molecule has 0 unspecified atom stereocenters. The van der Waals surface area contributed by atoms with Gasteiger partial charge in [-0.2, -0.15) is 0 Å². The van der Waals surface area contributed by atoms with E-state index in [0.29, 0.717) is 0 Å². The number of hydrogen-bond acceptors (Lipinski definition) is 1. The van der Waals surface area contributed by atoms with Crippen LogP contribution in [0.1, 0.15) is 38.2 Å². The third-order valence-electron chi connectivity index (χ3n) is 3.22. The minimum Gasteiger partial charge on any atom is -0.367 e. The second kappa shape index (κ2) is 6.10. The fourth-order valence-electron chi connectivity index (χ4n) is 2.08. The van der Waals surface area contributed by atoms with E-state index in [1.807, 2.05) is 0 Å². The van der Waals surface area contributed by atoms with Gasteiger partial charge >= 0.3 is 0 Å². The highest BCUT2D eigenvalue weighted by molar-refractivity contribution is 9.08. The monoisotopic (exact) mass is 315 g/mol. The molecule has 17 heavy (non-hydrogen) atoms. The third-order valence-corrected chi connectivity index (χ3v) is 4.17. The fourth-order valence-corrected chi connectivity index (χ4v) is 2.74. The van der Waals surface area contributed by atoms with Crippen LogP contribution < -0.4 is 4.90 Å². The highest BCUT2D eigenvalue weighted by Gasteiger charge is 2.29. The maximum atomic E-state index is 6.39. The molecule has 3 heteroatoms. The Bertz CT molecular complexity index is 376. The van der Waals surface area contributed by atoms with Gasteiger partial charge in [-0.25, -0.2) is 0 Å². The first-order valence-corrected chi connectivity index (χ1v) is 7.87. The van der Waals surface area contributed by atoms with E-state index in [1.165, 1.54) is 36.9 Å². The summed E-state index contributed by atoms with van der Waals surface area (Å²) in [6, 6.07) is 7.14. The van der Waals surface area contributed by atoms with Crippen molar-refractivity contribution in [1.82, 2.24) is 0 Å². The summed E-state index contributed by atoms with van der Waals surface area (Å²) in [7, 11) is 0. The van der Waals surface area contributed by atoms with Crippen molar-refractivity contribution in [1.29, 1.82) is 0 Å². The molecule has 1 aliphatic rings. The number of hydrogen-bond donors (Lipinski definition) is 0. The Balaban J connectivity index is 2.16. The number of unbranched alkanes of at least 4 members (excludes halogenated alkanes) is 1. The van der Waals surface area contributed by atoms with Crippen molar-refractivity contribution in [3.05, 3.63) is 28.8 Å². The summed E-state index contributed by atoms with van der Waals surface area (Å²) >= 11 is 9.86. The van der Waals surface area contributed by atoms with E-state index in [0.717, 1.165) is 22.9 Å². The van der Waals surface area contributed by atoms with Gasteiger partial charge in [0.1, 0.15) is 0 Å². The minimum absolute atomic E-state index is 0.730. The molecule has 1 aromatic carbocycles. The molecule has 0 atom stereocenters. The molecule has 0 aliphatic heterocycles. The van der Waals surface area contributed by atoms with Crippen molar-refractivity contribution in [3.8, 4) is 0 Å². The molecule has 0 bridgehead atoms. The maximum Gasteiger partial charge on any atom is 0.0642 e. The smallest absolute Gasteiger partial charge is 0.0642 e. The van der Waals surface area contributed by atoms with Crippen molar-refractivity contribution in [3.63, 3.8) is 0 Å². The first-order valence-electron chi connectivity index (χ1n) is 6.37. The molecule has 0 saturated heterocycles. The molecule has 1 nitrogen and oxygen atoms in total. The Labute approximate surface area is 117 Å². The van der Waals surface area contributed by atoms with Crippen LogP contribution >= 0.6 is 27.5 Å². The van der Waals surface area contributed by atoms with Crippen molar-refractivity contribution >= 4 is 33.2 Å². The predicted octanol–water partition coefficient (Wildman–Crippen LogP) is 5.00. The van der Waals surface area contributed by atoms with Crippen LogP contribution in [0.2, 0.25) is 5.02 Å². The minimum atomic E-state index is 0.730. The van der Waals surface area contributed by atoms with Gasteiger partial charge in [0, 0.05) is 17.9 Å². The summed E-state index contributed by atoms with van der Waals surface area (Å²) in [6.07, 6.45) is 5.12. The summed E-state index contributed by atoms with van der Waals surface area (Å²) in [6.45, 7) is 3.37. The average Bonchev–Trinajstić information content (AvgIpc) is 3.15. The molecule has 2 rings (SSSR count). The lowest BCUT2D eigenvalue weighted by Crippen LogP contribution is -2.27. The molecular weight excluding hydrogens is 298 g/mol. The average molecular weight is 317 g/mol. The van der Waals surface area contributed by atoms with Crippen LogP contribution in [0.25, 0.3) is 0 Å². The van der Waals surface area contributed by atoms with E-state index in [2.05, 4.69) is 46.0 Å². The number of anilines is 1. The second-order valence-corrected chi connectivity index (χ2v) is 5.67. The zero-order chi connectivity index (χ0) is 12.3. The van der Waals surface area contributed by atoms with E-state index < -0.39 is 0 Å². The summed E-state index contributed by atoms with van der Waals surface area (Å²) in [4.78, 5) is 2.49. The van der Waals surface area contributed by atoms with Gasteiger partial charge in [-0.15, -0.1) is 0 Å². The topological polar surface area (TPSA) is 3.24 Å². The predicted molar refractivity (Wildman–Crippen MR) is 79.4 cm³/mol. The lowest BCUT2D eigenvalue weighted by Gasteiger charge is -2.26. The van der Waals surface area contributed by atoms with Crippen molar-refractivity contribution < 1.29 is 0 Å². The third kappa shape index (κ3) is 3.38. The summed E-state index contributed by atoms with van der Waals surface area (Å²) < 4.78 is 0.